The average molecular weight is 847 g/mol. The highest BCUT2D eigenvalue weighted by molar-refractivity contribution is 6.10. The van der Waals surface area contributed by atoms with Gasteiger partial charge in [0.25, 0.3) is 6.33 Å². The van der Waals surface area contributed by atoms with E-state index in [1.54, 1.807) is 0 Å². The highest BCUT2D eigenvalue weighted by Gasteiger charge is 2.26. The molecule has 0 atom stereocenters. The molecule has 3 heterocycles. The summed E-state index contributed by atoms with van der Waals surface area (Å²) in [5.41, 5.74) is 12.0. The first kappa shape index (κ1) is 41.5. The molecule has 0 radical (unpaired) electrons. The molecule has 10 rings (SSSR count). The van der Waals surface area contributed by atoms with E-state index in [0.717, 1.165) is 56.1 Å². The van der Waals surface area contributed by atoms with Gasteiger partial charge in [-0.1, -0.05) is 158 Å². The standard InChI is InChI=1S/C60H54N4O/c1-58(2,3)46-30-31-61-57(38-46)64-55-29-26-43(42-18-11-8-12-19-42)34-54(55)53-28-27-51(40-56(53)64)65-52-37-48(60(6,7)45-22-15-10-16-23-45)36-50(39-52)63-33-32-62(41-63)49-25-17-24-47(35-49)59(4,5)44-20-13-9-14-21-44/h8-40H,1-7H3. The van der Waals surface area contributed by atoms with Crippen LogP contribution >= 0.6 is 0 Å². The van der Waals surface area contributed by atoms with Gasteiger partial charge in [0.2, 0.25) is 0 Å². The van der Waals surface area contributed by atoms with E-state index in [9.17, 15) is 0 Å². The molecular weight excluding hydrogens is 793 g/mol. The van der Waals surface area contributed by atoms with Crippen molar-refractivity contribution in [1.29, 1.82) is 0 Å². The van der Waals surface area contributed by atoms with Crippen molar-refractivity contribution in [1.82, 2.24) is 14.1 Å². The number of ether oxygens (including phenoxy) is 1. The number of imidazole rings is 1. The van der Waals surface area contributed by atoms with Gasteiger partial charge in [0.1, 0.15) is 17.3 Å². The van der Waals surface area contributed by atoms with E-state index < -0.39 is 0 Å². The number of nitrogens with zero attached hydrogens (tertiary/aromatic N) is 4. The average Bonchev–Trinajstić information content (AvgIpc) is 3.96. The van der Waals surface area contributed by atoms with Crippen LogP contribution in [-0.4, -0.2) is 14.1 Å². The van der Waals surface area contributed by atoms with Crippen LogP contribution in [0.3, 0.4) is 0 Å². The van der Waals surface area contributed by atoms with Gasteiger partial charge < -0.3 is 4.74 Å². The fraction of sp³-hybridized carbons (Fsp3) is 0.167. The fourth-order valence-corrected chi connectivity index (χ4v) is 9.10. The summed E-state index contributed by atoms with van der Waals surface area (Å²) < 4.78 is 13.4. The molecule has 0 unspecified atom stereocenters. The maximum Gasteiger partial charge on any atom is 0.268 e. The lowest BCUT2D eigenvalue weighted by atomic mass is 9.78. The predicted octanol–water partition coefficient (Wildman–Crippen LogP) is 14.5. The Balaban J connectivity index is 1.08. The van der Waals surface area contributed by atoms with Crippen LogP contribution in [0.15, 0.2) is 201 Å². The lowest BCUT2D eigenvalue weighted by Gasteiger charge is -2.27. The molecule has 10 aromatic rings. The molecule has 0 aliphatic heterocycles. The summed E-state index contributed by atoms with van der Waals surface area (Å²) in [4.78, 5) is 4.97. The Hall–Kier alpha value is -7.50. The summed E-state index contributed by atoms with van der Waals surface area (Å²) >= 11 is 0. The maximum atomic E-state index is 7.00. The zero-order valence-electron chi connectivity index (χ0n) is 38.2. The third kappa shape index (κ3) is 7.93. The molecule has 0 bridgehead atoms. The van der Waals surface area contributed by atoms with Gasteiger partial charge in [0.05, 0.1) is 22.4 Å². The second-order valence-electron chi connectivity index (χ2n) is 19.3. The van der Waals surface area contributed by atoms with Crippen LogP contribution in [0.5, 0.6) is 11.5 Å². The van der Waals surface area contributed by atoms with E-state index in [-0.39, 0.29) is 16.2 Å². The van der Waals surface area contributed by atoms with Crippen LogP contribution in [0, 0.1) is 6.33 Å². The fourth-order valence-electron chi connectivity index (χ4n) is 9.10. The Morgan fingerprint density at radius 1 is 0.492 bits per heavy atom. The van der Waals surface area contributed by atoms with Gasteiger partial charge >= 0.3 is 0 Å². The highest BCUT2D eigenvalue weighted by Crippen LogP contribution is 2.40. The minimum atomic E-state index is -0.327. The number of fused-ring (bicyclic) bond motifs is 3. The third-order valence-electron chi connectivity index (χ3n) is 13.2. The molecule has 320 valence electrons. The molecule has 5 heteroatoms. The van der Waals surface area contributed by atoms with Gasteiger partial charge in [0.15, 0.2) is 0 Å². The zero-order chi connectivity index (χ0) is 44.9. The number of aromatic nitrogens is 4. The first-order valence-electron chi connectivity index (χ1n) is 22.5. The minimum absolute atomic E-state index is 0.0405. The Labute approximate surface area is 382 Å². The van der Waals surface area contributed by atoms with E-state index in [0.29, 0.717) is 0 Å². The smallest absolute Gasteiger partial charge is 0.268 e. The Morgan fingerprint density at radius 3 is 1.88 bits per heavy atom. The minimum Gasteiger partial charge on any atom is -0.458 e. The summed E-state index contributed by atoms with van der Waals surface area (Å²) in [7, 11) is 0. The number of hydrogen-bond donors (Lipinski definition) is 0. The molecule has 5 nitrogen and oxygen atoms in total. The van der Waals surface area contributed by atoms with Gasteiger partial charge in [-0.15, -0.1) is 0 Å². The molecule has 65 heavy (non-hydrogen) atoms. The van der Waals surface area contributed by atoms with Crippen molar-refractivity contribution in [3.05, 3.63) is 235 Å². The lowest BCUT2D eigenvalue weighted by Crippen LogP contribution is -2.29. The topological polar surface area (TPSA) is 35.9 Å². The number of pyridine rings is 1. The largest absolute Gasteiger partial charge is 0.458 e. The molecule has 0 aliphatic rings. The van der Waals surface area contributed by atoms with Crippen LogP contribution in [0.1, 0.15) is 76.3 Å². The van der Waals surface area contributed by atoms with Crippen molar-refractivity contribution in [3.8, 4) is 39.8 Å². The molecule has 0 spiro atoms. The summed E-state index contributed by atoms with van der Waals surface area (Å²) in [5, 5.41) is 2.30. The number of benzene rings is 7. The summed E-state index contributed by atoms with van der Waals surface area (Å²) in [6.45, 7) is 15.8. The molecule has 0 aliphatic carbocycles. The first-order chi connectivity index (χ1) is 31.3. The van der Waals surface area contributed by atoms with E-state index in [4.69, 9.17) is 9.72 Å². The van der Waals surface area contributed by atoms with E-state index in [1.165, 1.54) is 33.4 Å². The van der Waals surface area contributed by atoms with Gasteiger partial charge in [-0.2, -0.15) is 0 Å². The second kappa shape index (κ2) is 16.2. The maximum absolute atomic E-state index is 7.00. The van der Waals surface area contributed by atoms with Gasteiger partial charge in [-0.05, 0) is 111 Å². The number of rotatable bonds is 10. The predicted molar refractivity (Wildman–Crippen MR) is 266 cm³/mol. The van der Waals surface area contributed by atoms with E-state index in [2.05, 4.69) is 263 Å². The summed E-state index contributed by atoms with van der Waals surface area (Å²) in [5.74, 6) is 2.35. The molecule has 7 aromatic carbocycles. The molecule has 0 saturated heterocycles. The van der Waals surface area contributed by atoms with Crippen LogP contribution in [0.4, 0.5) is 0 Å². The lowest BCUT2D eigenvalue weighted by molar-refractivity contribution is -0.599. The van der Waals surface area contributed by atoms with Crippen molar-refractivity contribution in [2.75, 3.05) is 0 Å². The highest BCUT2D eigenvalue weighted by atomic mass is 16.5. The van der Waals surface area contributed by atoms with Crippen molar-refractivity contribution < 1.29 is 9.30 Å². The van der Waals surface area contributed by atoms with E-state index in [1.807, 2.05) is 6.20 Å². The quantitative estimate of drug-likeness (QED) is 0.102. The Bertz CT molecular complexity index is 3320. The monoisotopic (exact) mass is 846 g/mol. The molecule has 0 amide bonds. The van der Waals surface area contributed by atoms with E-state index >= 15 is 0 Å². The van der Waals surface area contributed by atoms with Gasteiger partial charge in [-0.3, -0.25) is 13.7 Å². The van der Waals surface area contributed by atoms with Crippen molar-refractivity contribution in [2.45, 2.75) is 64.7 Å². The second-order valence-corrected chi connectivity index (χ2v) is 19.3. The first-order valence-corrected chi connectivity index (χ1v) is 22.5. The molecule has 0 fully saturated rings. The summed E-state index contributed by atoms with van der Waals surface area (Å²) in [6.07, 6.45) is 9.71. The van der Waals surface area contributed by atoms with Crippen LogP contribution in [-0.2, 0) is 16.2 Å². The van der Waals surface area contributed by atoms with Crippen molar-refractivity contribution >= 4 is 21.8 Å². The van der Waals surface area contributed by atoms with Crippen molar-refractivity contribution in [2.24, 2.45) is 0 Å². The summed E-state index contributed by atoms with van der Waals surface area (Å²) in [6, 6.07) is 64.8. The Kier molecular flexibility index (Phi) is 10.4. The SMILES string of the molecule is CC(C)(C)c1ccnc(-n2c3ccc(-c4ccccc4)cc3c3ccc(Oc4cc(-n5[c-][n+](-c6cccc(C(C)(C)c7ccccc7)c6)cc5)cc(C(C)(C)c5ccccc5)c4)cc32)c1. The third-order valence-corrected chi connectivity index (χ3v) is 13.2. The van der Waals surface area contributed by atoms with Gasteiger partial charge in [-0.25, -0.2) is 4.98 Å². The normalized spacial score (nSPS) is 12.2. The Morgan fingerprint density at radius 2 is 1.17 bits per heavy atom. The number of hydrogen-bond acceptors (Lipinski definition) is 2. The molecule has 0 N–H and O–H groups in total. The van der Waals surface area contributed by atoms with Crippen molar-refractivity contribution in [3.63, 3.8) is 0 Å². The molecule has 3 aromatic heterocycles. The van der Waals surface area contributed by atoms with Crippen LogP contribution < -0.4 is 9.30 Å². The van der Waals surface area contributed by atoms with Crippen LogP contribution in [0.2, 0.25) is 0 Å². The van der Waals surface area contributed by atoms with Gasteiger partial charge in [0, 0.05) is 46.3 Å². The zero-order valence-corrected chi connectivity index (χ0v) is 38.2. The molecule has 0 saturated carbocycles. The van der Waals surface area contributed by atoms with Crippen LogP contribution in [0.25, 0.3) is 50.1 Å². The molecular formula is C60H54N4O.